The summed E-state index contributed by atoms with van der Waals surface area (Å²) in [6, 6.07) is 13.5. The predicted octanol–water partition coefficient (Wildman–Crippen LogP) is 3.82. The van der Waals surface area contributed by atoms with Crippen LogP contribution in [0.3, 0.4) is 0 Å². The van der Waals surface area contributed by atoms with E-state index in [1.807, 2.05) is 0 Å². The maximum atomic E-state index is 13.1. The van der Waals surface area contributed by atoms with Crippen molar-refractivity contribution < 1.29 is 26.4 Å². The van der Waals surface area contributed by atoms with Gasteiger partial charge in [0.1, 0.15) is 0 Å². The Morgan fingerprint density at radius 1 is 0.931 bits per heavy atom. The number of benzene rings is 2. The number of halogens is 3. The van der Waals surface area contributed by atoms with Crippen molar-refractivity contribution in [3.63, 3.8) is 0 Å². The number of amides is 1. The number of carbonyl (C=O) groups excluding carboxylic acids is 1. The normalized spacial score (nSPS) is 11.9. The van der Waals surface area contributed by atoms with Crippen molar-refractivity contribution in [3.8, 4) is 11.3 Å². The summed E-state index contributed by atoms with van der Waals surface area (Å²) >= 11 is 0. The highest BCUT2D eigenvalue weighted by Gasteiger charge is 2.34. The minimum atomic E-state index is -4.64. The van der Waals surface area contributed by atoms with Gasteiger partial charge in [-0.3, -0.25) is 4.79 Å². The van der Waals surface area contributed by atoms with E-state index in [1.54, 1.807) is 12.1 Å². The van der Waals surface area contributed by atoms with Crippen LogP contribution in [0.25, 0.3) is 11.3 Å². The van der Waals surface area contributed by atoms with Crippen LogP contribution in [-0.2, 0) is 16.0 Å². The zero-order valence-corrected chi connectivity index (χ0v) is 15.8. The molecule has 0 saturated carbocycles. The Bertz CT molecular complexity index is 1140. The Hall–Kier alpha value is -3.27. The lowest BCUT2D eigenvalue weighted by Crippen LogP contribution is -2.18. The minimum Gasteiger partial charge on any atom is -0.322 e. The summed E-state index contributed by atoms with van der Waals surface area (Å²) in [5.41, 5.74) is -0.220. The maximum absolute atomic E-state index is 13.1. The lowest BCUT2D eigenvalue weighted by Gasteiger charge is -2.12. The number of sulfone groups is 1. The molecule has 0 unspecified atom stereocenters. The van der Waals surface area contributed by atoms with E-state index < -0.39 is 33.0 Å². The van der Waals surface area contributed by atoms with Gasteiger partial charge in [-0.15, -0.1) is 10.2 Å². The SMILES string of the molecule is CS(=O)(=O)c1ccc(-c2ccc(NC(=O)c3ccccc3C(F)(F)F)cc2)nn1. The van der Waals surface area contributed by atoms with E-state index >= 15 is 0 Å². The average Bonchev–Trinajstić information content (AvgIpc) is 2.67. The van der Waals surface area contributed by atoms with Crippen molar-refractivity contribution in [2.45, 2.75) is 11.2 Å². The van der Waals surface area contributed by atoms with Crippen LogP contribution in [-0.4, -0.2) is 30.8 Å². The second-order valence-electron chi connectivity index (χ2n) is 6.10. The molecule has 0 bridgehead atoms. The fourth-order valence-electron chi connectivity index (χ4n) is 2.52. The van der Waals surface area contributed by atoms with Gasteiger partial charge in [-0.25, -0.2) is 8.42 Å². The first-order valence-corrected chi connectivity index (χ1v) is 10.1. The Morgan fingerprint density at radius 3 is 2.14 bits per heavy atom. The number of alkyl halides is 3. The molecule has 2 aromatic carbocycles. The molecule has 29 heavy (non-hydrogen) atoms. The van der Waals surface area contributed by atoms with Gasteiger partial charge in [0.25, 0.3) is 5.91 Å². The number of hydrogen-bond donors (Lipinski definition) is 1. The Balaban J connectivity index is 1.79. The monoisotopic (exact) mass is 421 g/mol. The number of anilines is 1. The topological polar surface area (TPSA) is 89.0 Å². The van der Waals surface area contributed by atoms with E-state index in [2.05, 4.69) is 15.5 Å². The van der Waals surface area contributed by atoms with Gasteiger partial charge >= 0.3 is 6.18 Å². The third-order valence-corrected chi connectivity index (χ3v) is 4.91. The Kier molecular flexibility index (Phi) is 5.38. The van der Waals surface area contributed by atoms with Crippen molar-refractivity contribution in [2.75, 3.05) is 11.6 Å². The van der Waals surface area contributed by atoms with Crippen LogP contribution in [0.2, 0.25) is 0 Å². The second-order valence-corrected chi connectivity index (χ2v) is 8.07. The molecule has 3 rings (SSSR count). The third kappa shape index (κ3) is 4.77. The quantitative estimate of drug-likeness (QED) is 0.692. The molecule has 0 atom stereocenters. The summed E-state index contributed by atoms with van der Waals surface area (Å²) < 4.78 is 62.0. The van der Waals surface area contributed by atoms with Gasteiger partial charge in [-0.05, 0) is 36.4 Å². The van der Waals surface area contributed by atoms with Crippen LogP contribution in [0.5, 0.6) is 0 Å². The van der Waals surface area contributed by atoms with Crippen LogP contribution in [0.15, 0.2) is 65.7 Å². The van der Waals surface area contributed by atoms with Gasteiger partial charge in [-0.2, -0.15) is 13.2 Å². The zero-order valence-electron chi connectivity index (χ0n) is 14.9. The van der Waals surface area contributed by atoms with E-state index in [4.69, 9.17) is 0 Å². The molecule has 1 aromatic heterocycles. The molecule has 3 aromatic rings. The lowest BCUT2D eigenvalue weighted by molar-refractivity contribution is -0.137. The molecule has 1 amide bonds. The van der Waals surface area contributed by atoms with E-state index in [0.717, 1.165) is 18.4 Å². The molecule has 10 heteroatoms. The molecule has 0 aliphatic heterocycles. The zero-order chi connectivity index (χ0) is 21.2. The standard InChI is InChI=1S/C19H14F3N3O3S/c1-29(27,28)17-11-10-16(24-25-17)12-6-8-13(9-7-12)23-18(26)14-4-2-3-5-15(14)19(20,21)22/h2-11H,1H3,(H,23,26). The van der Waals surface area contributed by atoms with Crippen molar-refractivity contribution in [1.29, 1.82) is 0 Å². The fraction of sp³-hybridized carbons (Fsp3) is 0.105. The maximum Gasteiger partial charge on any atom is 0.417 e. The summed E-state index contributed by atoms with van der Waals surface area (Å²) in [5, 5.41) is 9.77. The number of rotatable bonds is 4. The summed E-state index contributed by atoms with van der Waals surface area (Å²) in [6.07, 6.45) is -3.63. The van der Waals surface area contributed by atoms with Gasteiger partial charge in [0.2, 0.25) is 0 Å². The molecule has 0 saturated heterocycles. The summed E-state index contributed by atoms with van der Waals surface area (Å²) in [7, 11) is -3.46. The van der Waals surface area contributed by atoms with E-state index in [0.29, 0.717) is 11.3 Å². The highest BCUT2D eigenvalue weighted by atomic mass is 32.2. The molecule has 1 heterocycles. The predicted molar refractivity (Wildman–Crippen MR) is 100.0 cm³/mol. The van der Waals surface area contributed by atoms with Gasteiger partial charge in [0.15, 0.2) is 14.9 Å². The first kappa shape index (κ1) is 20.5. The van der Waals surface area contributed by atoms with Crippen LogP contribution in [0.4, 0.5) is 18.9 Å². The Labute approximate surface area is 164 Å². The second kappa shape index (κ2) is 7.63. The van der Waals surface area contributed by atoms with Crippen molar-refractivity contribution in [1.82, 2.24) is 10.2 Å². The average molecular weight is 421 g/mol. The smallest absolute Gasteiger partial charge is 0.322 e. The highest BCUT2D eigenvalue weighted by molar-refractivity contribution is 7.90. The van der Waals surface area contributed by atoms with Crippen molar-refractivity contribution in [2.24, 2.45) is 0 Å². The Morgan fingerprint density at radius 2 is 1.59 bits per heavy atom. The number of nitrogens with one attached hydrogen (secondary N) is 1. The van der Waals surface area contributed by atoms with Crippen molar-refractivity contribution >= 4 is 21.4 Å². The van der Waals surface area contributed by atoms with E-state index in [1.165, 1.54) is 36.4 Å². The molecule has 0 radical (unpaired) electrons. The van der Waals surface area contributed by atoms with Crippen LogP contribution < -0.4 is 5.32 Å². The molecule has 0 aliphatic rings. The van der Waals surface area contributed by atoms with Crippen LogP contribution in [0, 0.1) is 0 Å². The number of hydrogen-bond acceptors (Lipinski definition) is 5. The first-order valence-electron chi connectivity index (χ1n) is 8.17. The molecular weight excluding hydrogens is 407 g/mol. The lowest BCUT2D eigenvalue weighted by atomic mass is 10.1. The summed E-state index contributed by atoms with van der Waals surface area (Å²) in [5.74, 6) is -0.886. The third-order valence-electron chi connectivity index (χ3n) is 3.94. The van der Waals surface area contributed by atoms with Gasteiger partial charge < -0.3 is 5.32 Å². The van der Waals surface area contributed by atoms with Gasteiger partial charge in [0, 0.05) is 17.5 Å². The van der Waals surface area contributed by atoms with Gasteiger partial charge in [0.05, 0.1) is 16.8 Å². The van der Waals surface area contributed by atoms with E-state index in [-0.39, 0.29) is 10.7 Å². The number of aromatic nitrogens is 2. The van der Waals surface area contributed by atoms with Crippen LogP contribution >= 0.6 is 0 Å². The first-order chi connectivity index (χ1) is 13.6. The van der Waals surface area contributed by atoms with Gasteiger partial charge in [-0.1, -0.05) is 24.3 Å². The number of nitrogens with zero attached hydrogens (tertiary/aromatic N) is 2. The van der Waals surface area contributed by atoms with Crippen molar-refractivity contribution in [3.05, 3.63) is 71.8 Å². The van der Waals surface area contributed by atoms with E-state index in [9.17, 15) is 26.4 Å². The molecule has 0 aliphatic carbocycles. The largest absolute Gasteiger partial charge is 0.417 e. The number of carbonyl (C=O) groups is 1. The summed E-state index contributed by atoms with van der Waals surface area (Å²) in [4.78, 5) is 12.3. The minimum absolute atomic E-state index is 0.159. The molecule has 0 fully saturated rings. The molecule has 0 spiro atoms. The fourth-order valence-corrected chi connectivity index (χ4v) is 3.03. The molecule has 6 nitrogen and oxygen atoms in total. The summed E-state index contributed by atoms with van der Waals surface area (Å²) in [6.45, 7) is 0. The molecule has 150 valence electrons. The van der Waals surface area contributed by atoms with Crippen LogP contribution in [0.1, 0.15) is 15.9 Å². The highest BCUT2D eigenvalue weighted by Crippen LogP contribution is 2.32. The molecular formula is C19H14F3N3O3S. The molecule has 1 N–H and O–H groups in total.